The smallest absolute Gasteiger partial charge is 0.416 e. The van der Waals surface area contributed by atoms with Crippen LogP contribution < -0.4 is 0 Å². The first kappa shape index (κ1) is 23.0. The zero-order chi connectivity index (χ0) is 21.3. The average molecular weight is 411 g/mol. The Morgan fingerprint density at radius 1 is 1.21 bits per heavy atom. The van der Waals surface area contributed by atoms with Gasteiger partial charge >= 0.3 is 12.1 Å². The third kappa shape index (κ3) is 7.91. The van der Waals surface area contributed by atoms with Crippen LogP contribution in [-0.4, -0.2) is 34.5 Å². The number of amides is 1. The van der Waals surface area contributed by atoms with Crippen molar-refractivity contribution in [3.05, 3.63) is 47.5 Å². The van der Waals surface area contributed by atoms with E-state index in [1.54, 1.807) is 6.07 Å². The number of carboxylic acids is 1. The van der Waals surface area contributed by atoms with Crippen LogP contribution >= 0.6 is 0 Å². The van der Waals surface area contributed by atoms with E-state index in [0.29, 0.717) is 37.8 Å². The number of nitrogens with zero attached hydrogens (tertiary/aromatic N) is 1. The van der Waals surface area contributed by atoms with Crippen LogP contribution in [-0.2, 0) is 22.2 Å². The van der Waals surface area contributed by atoms with E-state index in [0.717, 1.165) is 31.7 Å². The summed E-state index contributed by atoms with van der Waals surface area (Å²) in [6, 6.07) is 5.42. The molecule has 0 bridgehead atoms. The molecule has 0 radical (unpaired) electrons. The fourth-order valence-electron chi connectivity index (χ4n) is 3.56. The van der Waals surface area contributed by atoms with Gasteiger partial charge < -0.3 is 10.0 Å². The molecule has 1 atom stereocenters. The molecule has 0 saturated carbocycles. The number of hydrogen-bond donors (Lipinski definition) is 1. The first-order valence-electron chi connectivity index (χ1n) is 10.1. The van der Waals surface area contributed by atoms with Crippen LogP contribution in [0.3, 0.4) is 0 Å². The Morgan fingerprint density at radius 2 is 1.97 bits per heavy atom. The number of carbonyl (C=O) groups excluding carboxylic acids is 1. The molecule has 1 heterocycles. The van der Waals surface area contributed by atoms with Crippen molar-refractivity contribution in [1.29, 1.82) is 0 Å². The fraction of sp³-hybridized carbons (Fsp3) is 0.545. The maximum atomic E-state index is 12.8. The van der Waals surface area contributed by atoms with Gasteiger partial charge in [0.15, 0.2) is 0 Å². The molecule has 1 amide bonds. The second kappa shape index (κ2) is 11.0. The third-order valence-electron chi connectivity index (χ3n) is 5.13. The van der Waals surface area contributed by atoms with E-state index < -0.39 is 17.7 Å². The van der Waals surface area contributed by atoms with E-state index in [1.807, 2.05) is 17.1 Å². The predicted octanol–water partition coefficient (Wildman–Crippen LogP) is 5.22. The summed E-state index contributed by atoms with van der Waals surface area (Å²) in [5.74, 6) is -0.655. The number of carbonyl (C=O) groups is 2. The lowest BCUT2D eigenvalue weighted by Crippen LogP contribution is -2.32. The number of halogens is 3. The number of hydrogen-bond acceptors (Lipinski definition) is 2. The van der Waals surface area contributed by atoms with Crippen LogP contribution in [0.5, 0.6) is 0 Å². The molecule has 0 aliphatic carbocycles. The number of carboxylic acid groups (broad SMARTS) is 1. The zero-order valence-corrected chi connectivity index (χ0v) is 16.5. The molecule has 1 aliphatic heterocycles. The molecule has 1 N–H and O–H groups in total. The van der Waals surface area contributed by atoms with Crippen molar-refractivity contribution < 1.29 is 27.9 Å². The molecule has 1 aliphatic rings. The fourth-order valence-corrected chi connectivity index (χ4v) is 3.56. The summed E-state index contributed by atoms with van der Waals surface area (Å²) in [5.41, 5.74) is 0.0140. The molecule has 2 rings (SSSR count). The molecule has 1 unspecified atom stereocenters. The van der Waals surface area contributed by atoms with Crippen molar-refractivity contribution in [2.75, 3.05) is 6.54 Å². The first-order chi connectivity index (χ1) is 13.8. The van der Waals surface area contributed by atoms with Gasteiger partial charge in [-0.25, -0.2) is 0 Å². The van der Waals surface area contributed by atoms with Crippen molar-refractivity contribution in [3.8, 4) is 0 Å². The van der Waals surface area contributed by atoms with E-state index >= 15 is 0 Å². The Morgan fingerprint density at radius 3 is 2.69 bits per heavy atom. The summed E-state index contributed by atoms with van der Waals surface area (Å²) in [4.78, 5) is 24.4. The molecule has 1 saturated heterocycles. The van der Waals surface area contributed by atoms with Crippen molar-refractivity contribution in [2.45, 2.75) is 70.0 Å². The lowest BCUT2D eigenvalue weighted by Gasteiger charge is -2.22. The summed E-state index contributed by atoms with van der Waals surface area (Å²) in [7, 11) is 0. The molecular formula is C22H28F3NO3. The van der Waals surface area contributed by atoms with Crippen molar-refractivity contribution in [1.82, 2.24) is 4.90 Å². The van der Waals surface area contributed by atoms with Crippen LogP contribution in [0, 0.1) is 0 Å². The maximum Gasteiger partial charge on any atom is 0.416 e. The number of allylic oxidation sites excluding steroid dienone is 1. The molecular weight excluding hydrogens is 383 g/mol. The standard InChI is InChI=1S/C22H28F3NO3/c23-22(24,25)18-10-7-9-17(16-18)8-4-5-11-19-13-14-20(27)26(19)15-6-2-1-3-12-21(28)29/h5,7,9-11,16,19H,1-4,6,8,12-15H2,(H,28,29)/b11-5+. The summed E-state index contributed by atoms with van der Waals surface area (Å²) in [5, 5.41) is 8.63. The van der Waals surface area contributed by atoms with Crippen LogP contribution in [0.2, 0.25) is 0 Å². The van der Waals surface area contributed by atoms with Crippen LogP contribution in [0.1, 0.15) is 62.5 Å². The van der Waals surface area contributed by atoms with Gasteiger partial charge in [-0.1, -0.05) is 43.2 Å². The minimum Gasteiger partial charge on any atom is -0.481 e. The van der Waals surface area contributed by atoms with Gasteiger partial charge in [-0.3, -0.25) is 9.59 Å². The molecule has 7 heteroatoms. The average Bonchev–Trinajstić information content (AvgIpc) is 3.01. The predicted molar refractivity (Wildman–Crippen MR) is 104 cm³/mol. The first-order valence-corrected chi connectivity index (χ1v) is 10.1. The van der Waals surface area contributed by atoms with Gasteiger partial charge in [0.05, 0.1) is 11.6 Å². The van der Waals surface area contributed by atoms with E-state index in [4.69, 9.17) is 5.11 Å². The number of benzene rings is 1. The van der Waals surface area contributed by atoms with Gasteiger partial charge in [0.25, 0.3) is 0 Å². The second-order valence-electron chi connectivity index (χ2n) is 7.42. The molecule has 29 heavy (non-hydrogen) atoms. The SMILES string of the molecule is O=C(O)CCCCCCN1C(=O)CCC1/C=C/CCc1cccc(C(F)(F)F)c1. The highest BCUT2D eigenvalue weighted by Gasteiger charge is 2.30. The lowest BCUT2D eigenvalue weighted by molar-refractivity contribution is -0.138. The highest BCUT2D eigenvalue weighted by molar-refractivity contribution is 5.79. The van der Waals surface area contributed by atoms with Crippen molar-refractivity contribution in [2.24, 2.45) is 0 Å². The lowest BCUT2D eigenvalue weighted by atomic mass is 10.1. The minimum atomic E-state index is -4.33. The summed E-state index contributed by atoms with van der Waals surface area (Å²) in [6.45, 7) is 0.661. The Hall–Kier alpha value is -2.31. The monoisotopic (exact) mass is 411 g/mol. The van der Waals surface area contributed by atoms with Crippen molar-refractivity contribution >= 4 is 11.9 Å². The normalized spacial score (nSPS) is 17.4. The minimum absolute atomic E-state index is 0.0445. The van der Waals surface area contributed by atoms with Gasteiger partial charge in [0.2, 0.25) is 5.91 Å². The van der Waals surface area contributed by atoms with Gasteiger partial charge in [0.1, 0.15) is 0 Å². The Kier molecular flexibility index (Phi) is 8.73. The highest BCUT2D eigenvalue weighted by atomic mass is 19.4. The van der Waals surface area contributed by atoms with Crippen LogP contribution in [0.25, 0.3) is 0 Å². The Balaban J connectivity index is 1.75. The summed E-state index contributed by atoms with van der Waals surface area (Å²) in [6.07, 6.45) is 5.44. The number of alkyl halides is 3. The molecule has 0 aromatic heterocycles. The van der Waals surface area contributed by atoms with Gasteiger partial charge in [-0.15, -0.1) is 0 Å². The van der Waals surface area contributed by atoms with E-state index in [-0.39, 0.29) is 18.4 Å². The molecule has 1 fully saturated rings. The Labute approximate surface area is 169 Å². The number of aryl methyl sites for hydroxylation is 1. The van der Waals surface area contributed by atoms with Gasteiger partial charge in [-0.2, -0.15) is 13.2 Å². The summed E-state index contributed by atoms with van der Waals surface area (Å²) >= 11 is 0. The van der Waals surface area contributed by atoms with Crippen LogP contribution in [0.4, 0.5) is 13.2 Å². The zero-order valence-electron chi connectivity index (χ0n) is 16.5. The van der Waals surface area contributed by atoms with Gasteiger partial charge in [0, 0.05) is 19.4 Å². The van der Waals surface area contributed by atoms with Crippen LogP contribution in [0.15, 0.2) is 36.4 Å². The number of rotatable bonds is 11. The number of likely N-dealkylation sites (tertiary alicyclic amines) is 1. The molecule has 1 aromatic rings. The second-order valence-corrected chi connectivity index (χ2v) is 7.42. The molecule has 160 valence electrons. The molecule has 0 spiro atoms. The topological polar surface area (TPSA) is 57.6 Å². The third-order valence-corrected chi connectivity index (χ3v) is 5.13. The largest absolute Gasteiger partial charge is 0.481 e. The number of unbranched alkanes of at least 4 members (excludes halogenated alkanes) is 3. The highest BCUT2D eigenvalue weighted by Crippen LogP contribution is 2.29. The van der Waals surface area contributed by atoms with Crippen molar-refractivity contribution in [3.63, 3.8) is 0 Å². The van der Waals surface area contributed by atoms with Gasteiger partial charge in [-0.05, 0) is 43.7 Å². The van der Waals surface area contributed by atoms with E-state index in [1.165, 1.54) is 12.1 Å². The maximum absolute atomic E-state index is 12.8. The quantitative estimate of drug-likeness (QED) is 0.401. The van der Waals surface area contributed by atoms with E-state index in [9.17, 15) is 22.8 Å². The Bertz CT molecular complexity index is 715. The van der Waals surface area contributed by atoms with E-state index in [2.05, 4.69) is 0 Å². The molecule has 1 aromatic carbocycles. The summed E-state index contributed by atoms with van der Waals surface area (Å²) < 4.78 is 38.3. The number of aliphatic carboxylic acids is 1. The molecule has 4 nitrogen and oxygen atoms in total.